The molecule has 1 aliphatic rings. The second kappa shape index (κ2) is 8.43. The summed E-state index contributed by atoms with van der Waals surface area (Å²) >= 11 is 3.36. The van der Waals surface area contributed by atoms with Gasteiger partial charge in [-0.15, -0.1) is 0 Å². The highest BCUT2D eigenvalue weighted by Gasteiger charge is 2.15. The van der Waals surface area contributed by atoms with Crippen molar-refractivity contribution in [3.63, 3.8) is 0 Å². The van der Waals surface area contributed by atoms with E-state index in [1.807, 2.05) is 19.1 Å². The first-order valence-electron chi connectivity index (χ1n) is 8.84. The summed E-state index contributed by atoms with van der Waals surface area (Å²) in [5.74, 6) is 0.503. The molecular weight excluding hydrogens is 376 g/mol. The lowest BCUT2D eigenvalue weighted by molar-refractivity contribution is 0.0955. The lowest BCUT2D eigenvalue weighted by Crippen LogP contribution is -2.19. The molecule has 1 N–H and O–H groups in total. The van der Waals surface area contributed by atoms with Crippen LogP contribution in [0.15, 0.2) is 58.1 Å². The van der Waals surface area contributed by atoms with Crippen LogP contribution in [0.2, 0.25) is 0 Å². The van der Waals surface area contributed by atoms with Crippen molar-refractivity contribution in [1.29, 1.82) is 0 Å². The number of carbonyl (C=O) groups is 1. The van der Waals surface area contributed by atoms with Crippen LogP contribution in [0.25, 0.3) is 0 Å². The van der Waals surface area contributed by atoms with Crippen molar-refractivity contribution < 1.29 is 4.79 Å². The summed E-state index contributed by atoms with van der Waals surface area (Å²) in [4.78, 5) is 12.1. The fourth-order valence-electron chi connectivity index (χ4n) is 3.30. The minimum Gasteiger partial charge on any atom is -0.267 e. The van der Waals surface area contributed by atoms with E-state index in [1.54, 1.807) is 12.1 Å². The van der Waals surface area contributed by atoms with Crippen LogP contribution in [0.4, 0.5) is 0 Å². The predicted molar refractivity (Wildman–Crippen MR) is 106 cm³/mol. The third kappa shape index (κ3) is 4.79. The van der Waals surface area contributed by atoms with Gasteiger partial charge in [0.25, 0.3) is 5.91 Å². The third-order valence-corrected chi connectivity index (χ3v) is 5.37. The van der Waals surface area contributed by atoms with Gasteiger partial charge >= 0.3 is 0 Å². The average Bonchev–Trinajstić information content (AvgIpc) is 2.67. The van der Waals surface area contributed by atoms with Gasteiger partial charge in [-0.1, -0.05) is 59.5 Å². The maximum atomic E-state index is 12.1. The van der Waals surface area contributed by atoms with E-state index in [4.69, 9.17) is 0 Å². The zero-order valence-corrected chi connectivity index (χ0v) is 16.1. The van der Waals surface area contributed by atoms with Gasteiger partial charge in [0.2, 0.25) is 0 Å². The Morgan fingerprint density at radius 2 is 1.56 bits per heavy atom. The van der Waals surface area contributed by atoms with Crippen molar-refractivity contribution in [3.8, 4) is 0 Å². The third-order valence-electron chi connectivity index (χ3n) is 4.84. The summed E-state index contributed by atoms with van der Waals surface area (Å²) in [5.41, 5.74) is 6.49. The molecule has 0 saturated heterocycles. The minimum absolute atomic E-state index is 0.203. The highest BCUT2D eigenvalue weighted by Crippen LogP contribution is 2.32. The second-order valence-corrected chi connectivity index (χ2v) is 7.52. The molecule has 130 valence electrons. The molecule has 0 heterocycles. The number of hydrogen-bond acceptors (Lipinski definition) is 2. The van der Waals surface area contributed by atoms with Crippen molar-refractivity contribution >= 4 is 27.5 Å². The predicted octanol–water partition coefficient (Wildman–Crippen LogP) is 5.65. The van der Waals surface area contributed by atoms with E-state index >= 15 is 0 Å². The Labute approximate surface area is 157 Å². The highest BCUT2D eigenvalue weighted by molar-refractivity contribution is 9.10. The summed E-state index contributed by atoms with van der Waals surface area (Å²) in [6.45, 7) is 1.91. The molecule has 0 bridgehead atoms. The molecule has 2 aromatic rings. The number of hydrazone groups is 1. The van der Waals surface area contributed by atoms with E-state index < -0.39 is 0 Å². The van der Waals surface area contributed by atoms with Gasteiger partial charge in [-0.25, -0.2) is 5.43 Å². The molecule has 4 heteroatoms. The monoisotopic (exact) mass is 398 g/mol. The van der Waals surface area contributed by atoms with Crippen LogP contribution in [0.1, 0.15) is 66.4 Å². The molecule has 0 atom stereocenters. The van der Waals surface area contributed by atoms with Crippen LogP contribution in [-0.4, -0.2) is 11.6 Å². The van der Waals surface area contributed by atoms with Crippen LogP contribution in [0.5, 0.6) is 0 Å². The Morgan fingerprint density at radius 3 is 2.20 bits per heavy atom. The number of benzene rings is 2. The van der Waals surface area contributed by atoms with Crippen LogP contribution >= 0.6 is 15.9 Å². The first-order chi connectivity index (χ1) is 12.1. The van der Waals surface area contributed by atoms with Gasteiger partial charge in [0, 0.05) is 10.0 Å². The van der Waals surface area contributed by atoms with Crippen molar-refractivity contribution in [3.05, 3.63) is 69.7 Å². The lowest BCUT2D eigenvalue weighted by Gasteiger charge is -2.22. The van der Waals surface area contributed by atoms with E-state index in [0.717, 1.165) is 15.7 Å². The van der Waals surface area contributed by atoms with E-state index in [1.165, 1.54) is 37.7 Å². The molecule has 0 spiro atoms. The average molecular weight is 399 g/mol. The van der Waals surface area contributed by atoms with Crippen LogP contribution in [0.3, 0.4) is 0 Å². The Bertz CT molecular complexity index is 744. The summed E-state index contributed by atoms with van der Waals surface area (Å²) in [7, 11) is 0. The molecule has 3 rings (SSSR count). The second-order valence-electron chi connectivity index (χ2n) is 6.60. The molecule has 1 aliphatic carbocycles. The number of nitrogens with one attached hydrogen (secondary N) is 1. The minimum atomic E-state index is -0.203. The van der Waals surface area contributed by atoms with Crippen molar-refractivity contribution in [2.45, 2.75) is 44.9 Å². The zero-order chi connectivity index (χ0) is 17.6. The molecular formula is C21H23BrN2O. The van der Waals surface area contributed by atoms with Crippen LogP contribution in [0, 0.1) is 0 Å². The normalized spacial score (nSPS) is 15.8. The summed E-state index contributed by atoms with van der Waals surface area (Å²) in [6.07, 6.45) is 6.66. The molecule has 0 unspecified atom stereocenters. The standard InChI is InChI=1S/C21H23BrN2O/c1-15(23-24-21(25)19-11-13-20(22)14-12-19)16-7-9-18(10-8-16)17-5-3-2-4-6-17/h7-14,17H,2-6H2,1H3,(H,24,25)/b23-15-. The Hall–Kier alpha value is -1.94. The van der Waals surface area contributed by atoms with Gasteiger partial charge < -0.3 is 0 Å². The number of carbonyl (C=O) groups excluding carboxylic acids is 1. The van der Waals surface area contributed by atoms with E-state index in [9.17, 15) is 4.79 Å². The summed E-state index contributed by atoms with van der Waals surface area (Å²) in [6, 6.07) is 15.8. The largest absolute Gasteiger partial charge is 0.271 e. The molecule has 1 fully saturated rings. The topological polar surface area (TPSA) is 41.5 Å². The summed E-state index contributed by atoms with van der Waals surface area (Å²) < 4.78 is 0.946. The first kappa shape index (κ1) is 17.9. The Kier molecular flexibility index (Phi) is 6.03. The Balaban J connectivity index is 1.63. The maximum absolute atomic E-state index is 12.1. The van der Waals surface area contributed by atoms with E-state index in [-0.39, 0.29) is 5.91 Å². The molecule has 0 aromatic heterocycles. The fraction of sp³-hybridized carbons (Fsp3) is 0.333. The molecule has 0 radical (unpaired) electrons. The number of halogens is 1. The SMILES string of the molecule is C/C(=N/NC(=O)c1ccc(Br)cc1)c1ccc(C2CCCCC2)cc1. The fourth-order valence-corrected chi connectivity index (χ4v) is 3.56. The van der Waals surface area contributed by atoms with Crippen LogP contribution < -0.4 is 5.43 Å². The molecule has 2 aromatic carbocycles. The smallest absolute Gasteiger partial charge is 0.267 e. The Morgan fingerprint density at radius 1 is 0.960 bits per heavy atom. The van der Waals surface area contributed by atoms with Gasteiger partial charge in [0.1, 0.15) is 0 Å². The molecule has 1 amide bonds. The number of amides is 1. The molecule has 25 heavy (non-hydrogen) atoms. The quantitative estimate of drug-likeness (QED) is 0.524. The molecule has 3 nitrogen and oxygen atoms in total. The summed E-state index contributed by atoms with van der Waals surface area (Å²) in [5, 5.41) is 4.24. The first-order valence-corrected chi connectivity index (χ1v) is 9.63. The van der Waals surface area contributed by atoms with Crippen molar-refractivity contribution in [2.24, 2.45) is 5.10 Å². The van der Waals surface area contributed by atoms with Crippen molar-refractivity contribution in [2.75, 3.05) is 0 Å². The maximum Gasteiger partial charge on any atom is 0.271 e. The number of hydrogen-bond donors (Lipinski definition) is 1. The van der Waals surface area contributed by atoms with Gasteiger partial charge in [0.15, 0.2) is 0 Å². The van der Waals surface area contributed by atoms with Gasteiger partial charge in [-0.2, -0.15) is 5.10 Å². The molecule has 0 aliphatic heterocycles. The highest BCUT2D eigenvalue weighted by atomic mass is 79.9. The van der Waals surface area contributed by atoms with Crippen molar-refractivity contribution in [1.82, 2.24) is 5.43 Å². The van der Waals surface area contributed by atoms with E-state index in [0.29, 0.717) is 11.5 Å². The lowest BCUT2D eigenvalue weighted by atomic mass is 9.84. The van der Waals surface area contributed by atoms with Gasteiger partial charge in [0.05, 0.1) is 5.71 Å². The number of rotatable bonds is 4. The molecule has 1 saturated carbocycles. The number of nitrogens with zero attached hydrogens (tertiary/aromatic N) is 1. The van der Waals surface area contributed by atoms with Crippen LogP contribution in [-0.2, 0) is 0 Å². The zero-order valence-electron chi connectivity index (χ0n) is 14.5. The van der Waals surface area contributed by atoms with Gasteiger partial charge in [-0.3, -0.25) is 4.79 Å². The van der Waals surface area contributed by atoms with Gasteiger partial charge in [-0.05, 0) is 61.1 Å². The van der Waals surface area contributed by atoms with E-state index in [2.05, 4.69) is 50.7 Å².